The maximum atomic E-state index is 13.3. The number of halogens is 3. The van der Waals surface area contributed by atoms with Crippen molar-refractivity contribution in [2.75, 3.05) is 23.4 Å². The van der Waals surface area contributed by atoms with Gasteiger partial charge >= 0.3 is 6.18 Å². The number of pyridine rings is 2. The van der Waals surface area contributed by atoms with Crippen molar-refractivity contribution >= 4 is 49.8 Å². The largest absolute Gasteiger partial charge is 0.433 e. The lowest BCUT2D eigenvalue weighted by molar-refractivity contribution is -0.141. The molecule has 0 saturated carbocycles. The van der Waals surface area contributed by atoms with Gasteiger partial charge in [0.2, 0.25) is 5.95 Å². The lowest BCUT2D eigenvalue weighted by Gasteiger charge is -2.36. The lowest BCUT2D eigenvalue weighted by atomic mass is 10.2. The highest BCUT2D eigenvalue weighted by molar-refractivity contribution is 7.59. The fourth-order valence-corrected chi connectivity index (χ4v) is 3.41. The molecule has 32 heavy (non-hydrogen) atoms. The van der Waals surface area contributed by atoms with Crippen LogP contribution in [0.2, 0.25) is 0 Å². The van der Waals surface area contributed by atoms with Crippen molar-refractivity contribution in [3.05, 3.63) is 47.9 Å². The van der Waals surface area contributed by atoms with E-state index in [9.17, 15) is 13.2 Å². The van der Waals surface area contributed by atoms with Gasteiger partial charge in [-0.25, -0.2) is 4.98 Å². The molecule has 0 aromatic carbocycles. The van der Waals surface area contributed by atoms with Gasteiger partial charge in [0, 0.05) is 31.0 Å². The smallest absolute Gasteiger partial charge is 0.375 e. The van der Waals surface area contributed by atoms with Crippen molar-refractivity contribution in [2.24, 2.45) is 0 Å². The minimum atomic E-state index is -4.53. The molecule has 3 aromatic heterocycles. The summed E-state index contributed by atoms with van der Waals surface area (Å²) in [6.07, 6.45) is -1.75. The second-order valence-corrected chi connectivity index (χ2v) is 7.25. The molecule has 7 nitrogen and oxygen atoms in total. The molecule has 0 radical (unpaired) electrons. The number of nitrogens with one attached hydrogen (secondary N) is 1. The summed E-state index contributed by atoms with van der Waals surface area (Å²) in [6.45, 7) is 5.05. The van der Waals surface area contributed by atoms with Crippen molar-refractivity contribution in [1.82, 2.24) is 19.9 Å². The topological polar surface area (TPSA) is 76.1 Å². The van der Waals surface area contributed by atoms with Gasteiger partial charge in [0.25, 0.3) is 0 Å². The molecule has 1 aliphatic heterocycles. The van der Waals surface area contributed by atoms with E-state index in [0.29, 0.717) is 36.0 Å². The number of hydrogen-bond acceptors (Lipinski definition) is 7. The average molecular weight is 487 g/mol. The summed E-state index contributed by atoms with van der Waals surface area (Å²) >= 11 is 0. The van der Waals surface area contributed by atoms with E-state index in [1.165, 1.54) is 12.1 Å². The number of fused-ring (bicyclic) bond motifs is 1. The van der Waals surface area contributed by atoms with Crippen LogP contribution in [0.3, 0.4) is 0 Å². The monoisotopic (exact) mass is 486 g/mol. The van der Waals surface area contributed by atoms with Gasteiger partial charge < -0.3 is 15.0 Å². The first-order chi connectivity index (χ1) is 14.3. The first-order valence-electron chi connectivity index (χ1n) is 9.59. The zero-order chi connectivity index (χ0) is 21.3. The minimum Gasteiger partial charge on any atom is -0.375 e. The Morgan fingerprint density at radius 2 is 1.81 bits per heavy atom. The van der Waals surface area contributed by atoms with Gasteiger partial charge in [-0.15, -0.1) is 0 Å². The van der Waals surface area contributed by atoms with Crippen molar-refractivity contribution in [1.29, 1.82) is 0 Å². The molecule has 4 rings (SSSR count). The van der Waals surface area contributed by atoms with Gasteiger partial charge in [0.15, 0.2) is 5.65 Å². The van der Waals surface area contributed by atoms with E-state index in [0.717, 1.165) is 6.20 Å². The van der Waals surface area contributed by atoms with E-state index < -0.39 is 11.9 Å². The van der Waals surface area contributed by atoms with E-state index in [-0.39, 0.29) is 51.2 Å². The molecular formula is C20H25F3N6OS2. The Bertz CT molecular complexity index is 1060. The summed E-state index contributed by atoms with van der Waals surface area (Å²) in [4.78, 5) is 19.0. The molecule has 0 amide bonds. The summed E-state index contributed by atoms with van der Waals surface area (Å²) in [5, 5.41) is 3.67. The zero-order valence-electron chi connectivity index (χ0n) is 17.5. The van der Waals surface area contributed by atoms with E-state index in [2.05, 4.69) is 25.3 Å². The van der Waals surface area contributed by atoms with Gasteiger partial charge in [0.05, 0.1) is 24.1 Å². The quantitative estimate of drug-likeness (QED) is 0.600. The molecule has 2 atom stereocenters. The summed E-state index contributed by atoms with van der Waals surface area (Å²) < 4.78 is 45.5. The molecule has 174 valence electrons. The molecule has 4 heterocycles. The fourth-order valence-electron chi connectivity index (χ4n) is 3.41. The average Bonchev–Trinajstić information content (AvgIpc) is 2.73. The summed E-state index contributed by atoms with van der Waals surface area (Å²) in [7, 11) is 0. The molecule has 0 spiro atoms. The van der Waals surface area contributed by atoms with Crippen LogP contribution in [0.25, 0.3) is 11.0 Å². The number of ether oxygens (including phenoxy) is 1. The third kappa shape index (κ3) is 5.54. The highest BCUT2D eigenvalue weighted by atomic mass is 32.1. The molecule has 0 unspecified atom stereocenters. The Morgan fingerprint density at radius 3 is 2.56 bits per heavy atom. The normalized spacial score (nSPS) is 18.6. The van der Waals surface area contributed by atoms with Crippen LogP contribution in [-0.2, 0) is 17.5 Å². The Balaban J connectivity index is 0.00000181. The van der Waals surface area contributed by atoms with Gasteiger partial charge in [-0.3, -0.25) is 4.98 Å². The van der Waals surface area contributed by atoms with Crippen molar-refractivity contribution in [2.45, 2.75) is 38.7 Å². The van der Waals surface area contributed by atoms with Crippen LogP contribution in [0.1, 0.15) is 25.1 Å². The van der Waals surface area contributed by atoms with Gasteiger partial charge in [-0.2, -0.15) is 50.1 Å². The van der Waals surface area contributed by atoms with Crippen LogP contribution < -0.4 is 10.2 Å². The predicted molar refractivity (Wildman–Crippen MR) is 127 cm³/mol. The Hall–Kier alpha value is -2.31. The maximum Gasteiger partial charge on any atom is 0.433 e. The maximum absolute atomic E-state index is 13.3. The fraction of sp³-hybridized carbons (Fsp3) is 0.400. The number of rotatable bonds is 4. The van der Waals surface area contributed by atoms with Crippen LogP contribution in [0.4, 0.5) is 24.9 Å². The highest BCUT2D eigenvalue weighted by Crippen LogP contribution is 2.31. The lowest BCUT2D eigenvalue weighted by Crippen LogP contribution is -2.48. The SMILES string of the molecule is C[C@H]1CN(c2nc(NCc3cccnc3C(F)(F)F)c3cccnc3n2)[C@@H](C)CO1.S.S. The molecule has 3 aromatic rings. The summed E-state index contributed by atoms with van der Waals surface area (Å²) in [5.41, 5.74) is -0.404. The third-order valence-electron chi connectivity index (χ3n) is 4.93. The molecule has 0 aliphatic carbocycles. The number of aromatic nitrogens is 4. The molecule has 0 bridgehead atoms. The zero-order valence-corrected chi connectivity index (χ0v) is 19.5. The van der Waals surface area contributed by atoms with E-state index >= 15 is 0 Å². The standard InChI is InChI=1S/C20H21F3N6O.2H2S/c1-12-11-30-13(2)10-29(12)19-27-17-15(6-4-8-25-17)18(28-19)26-9-14-5-3-7-24-16(14)20(21,22)23;;/h3-8,12-13H,9-11H2,1-2H3,(H,25,26,27,28);2*1H2/t12-,13-;;/m0../s1. The first-order valence-corrected chi connectivity index (χ1v) is 9.59. The summed E-state index contributed by atoms with van der Waals surface area (Å²) in [6, 6.07) is 6.46. The Morgan fingerprint density at radius 1 is 1.09 bits per heavy atom. The molecular weight excluding hydrogens is 461 g/mol. The molecule has 12 heteroatoms. The predicted octanol–water partition coefficient (Wildman–Crippen LogP) is 3.89. The minimum absolute atomic E-state index is 0. The van der Waals surface area contributed by atoms with Crippen LogP contribution in [0.5, 0.6) is 0 Å². The van der Waals surface area contributed by atoms with Crippen LogP contribution in [0.15, 0.2) is 36.7 Å². The van der Waals surface area contributed by atoms with Crippen molar-refractivity contribution in [3.63, 3.8) is 0 Å². The number of morpholine rings is 1. The van der Waals surface area contributed by atoms with Gasteiger partial charge in [0.1, 0.15) is 11.5 Å². The second-order valence-electron chi connectivity index (χ2n) is 7.25. The number of alkyl halides is 3. The van der Waals surface area contributed by atoms with E-state index in [1.54, 1.807) is 18.3 Å². The van der Waals surface area contributed by atoms with Crippen molar-refractivity contribution in [3.8, 4) is 0 Å². The first kappa shape index (κ1) is 25.9. The third-order valence-corrected chi connectivity index (χ3v) is 4.93. The molecule has 1 fully saturated rings. The van der Waals surface area contributed by atoms with Crippen LogP contribution >= 0.6 is 27.0 Å². The van der Waals surface area contributed by atoms with E-state index in [4.69, 9.17) is 4.74 Å². The summed E-state index contributed by atoms with van der Waals surface area (Å²) in [5.74, 6) is 0.889. The molecule has 1 aliphatic rings. The molecule has 1 saturated heterocycles. The van der Waals surface area contributed by atoms with Gasteiger partial charge in [-0.05, 0) is 32.0 Å². The molecule has 1 N–H and O–H groups in total. The number of nitrogens with zero attached hydrogens (tertiary/aromatic N) is 5. The number of anilines is 2. The van der Waals surface area contributed by atoms with E-state index in [1.807, 2.05) is 18.7 Å². The highest BCUT2D eigenvalue weighted by Gasteiger charge is 2.35. The Kier molecular flexibility index (Phi) is 8.54. The van der Waals surface area contributed by atoms with Crippen molar-refractivity contribution < 1.29 is 17.9 Å². The van der Waals surface area contributed by atoms with Crippen LogP contribution in [-0.4, -0.2) is 45.2 Å². The number of hydrogen-bond donors (Lipinski definition) is 1. The van der Waals surface area contributed by atoms with Crippen LogP contribution in [0, 0.1) is 0 Å². The second kappa shape index (κ2) is 10.5. The Labute approximate surface area is 197 Å². The van der Waals surface area contributed by atoms with Gasteiger partial charge in [-0.1, -0.05) is 6.07 Å².